The first-order valence-corrected chi connectivity index (χ1v) is 4.79. The van der Waals surface area contributed by atoms with Crippen LogP contribution in [0.4, 0.5) is 26.3 Å². The van der Waals surface area contributed by atoms with Crippen molar-refractivity contribution in [1.82, 2.24) is 0 Å². The number of hydrogen-bond donors (Lipinski definition) is 2. The monoisotopic (exact) mass is 286 g/mol. The summed E-state index contributed by atoms with van der Waals surface area (Å²) in [7, 11) is 0. The molecule has 0 radical (unpaired) electrons. The number of oxime groups is 1. The van der Waals surface area contributed by atoms with Gasteiger partial charge in [-0.05, 0) is 23.8 Å². The third kappa shape index (κ3) is 4.04. The number of halogens is 6. The number of benzene rings is 1. The van der Waals surface area contributed by atoms with Gasteiger partial charge in [-0.3, -0.25) is 0 Å². The number of alkyl halides is 6. The summed E-state index contributed by atoms with van der Waals surface area (Å²) >= 11 is 0. The van der Waals surface area contributed by atoms with E-state index >= 15 is 0 Å². The van der Waals surface area contributed by atoms with Gasteiger partial charge >= 0.3 is 12.4 Å². The summed E-state index contributed by atoms with van der Waals surface area (Å²) in [6, 6.07) is 1.05. The molecule has 9 heteroatoms. The van der Waals surface area contributed by atoms with Gasteiger partial charge in [0, 0.05) is 6.42 Å². The number of hydrogen-bond acceptors (Lipinski definition) is 2. The molecule has 0 amide bonds. The average molecular weight is 286 g/mol. The summed E-state index contributed by atoms with van der Waals surface area (Å²) in [5, 5.41) is 10.8. The highest BCUT2D eigenvalue weighted by Crippen LogP contribution is 2.36. The molecule has 19 heavy (non-hydrogen) atoms. The molecule has 3 nitrogen and oxygen atoms in total. The minimum atomic E-state index is -4.92. The van der Waals surface area contributed by atoms with E-state index in [-0.39, 0.29) is 11.6 Å². The molecule has 0 aliphatic rings. The van der Waals surface area contributed by atoms with Crippen molar-refractivity contribution in [2.75, 3.05) is 0 Å². The van der Waals surface area contributed by atoms with Crippen LogP contribution in [0.2, 0.25) is 0 Å². The maximum Gasteiger partial charge on any atom is 0.416 e. The van der Waals surface area contributed by atoms with Crippen molar-refractivity contribution in [2.45, 2.75) is 18.8 Å². The zero-order chi connectivity index (χ0) is 14.8. The van der Waals surface area contributed by atoms with Crippen LogP contribution in [-0.2, 0) is 18.8 Å². The van der Waals surface area contributed by atoms with Crippen molar-refractivity contribution in [3.05, 3.63) is 34.9 Å². The van der Waals surface area contributed by atoms with Gasteiger partial charge in [-0.15, -0.1) is 0 Å². The Labute approximate surface area is 103 Å². The first-order chi connectivity index (χ1) is 8.54. The van der Waals surface area contributed by atoms with Gasteiger partial charge in [0.1, 0.15) is 5.84 Å². The van der Waals surface area contributed by atoms with E-state index in [1.54, 1.807) is 0 Å². The van der Waals surface area contributed by atoms with Crippen molar-refractivity contribution in [3.63, 3.8) is 0 Å². The van der Waals surface area contributed by atoms with Gasteiger partial charge in [-0.2, -0.15) is 26.3 Å². The van der Waals surface area contributed by atoms with E-state index < -0.39 is 35.7 Å². The third-order valence-electron chi connectivity index (χ3n) is 2.16. The van der Waals surface area contributed by atoms with Crippen LogP contribution in [-0.4, -0.2) is 11.0 Å². The molecule has 0 spiro atoms. The Balaban J connectivity index is 3.33. The summed E-state index contributed by atoms with van der Waals surface area (Å²) in [6.07, 6.45) is -10.4. The predicted octanol–water partition coefficient (Wildman–Crippen LogP) is 3.01. The zero-order valence-corrected chi connectivity index (χ0v) is 9.18. The second-order valence-electron chi connectivity index (χ2n) is 3.68. The van der Waals surface area contributed by atoms with Gasteiger partial charge in [0.15, 0.2) is 0 Å². The highest BCUT2D eigenvalue weighted by molar-refractivity contribution is 5.82. The second-order valence-corrected chi connectivity index (χ2v) is 3.68. The fourth-order valence-electron chi connectivity index (χ4n) is 1.37. The van der Waals surface area contributed by atoms with Gasteiger partial charge < -0.3 is 10.9 Å². The minimum Gasteiger partial charge on any atom is -0.409 e. The molecule has 0 bridgehead atoms. The van der Waals surface area contributed by atoms with E-state index in [1.807, 2.05) is 0 Å². The molecule has 0 fully saturated rings. The lowest BCUT2D eigenvalue weighted by Gasteiger charge is -2.13. The van der Waals surface area contributed by atoms with E-state index in [4.69, 9.17) is 10.9 Å². The molecule has 0 heterocycles. The number of nitrogens with zero attached hydrogens (tertiary/aromatic N) is 1. The van der Waals surface area contributed by atoms with Crippen LogP contribution in [0.3, 0.4) is 0 Å². The van der Waals surface area contributed by atoms with Crippen LogP contribution < -0.4 is 5.73 Å². The Kier molecular flexibility index (Phi) is 3.97. The van der Waals surface area contributed by atoms with Crippen LogP contribution in [0.15, 0.2) is 23.4 Å². The first-order valence-electron chi connectivity index (χ1n) is 4.79. The molecule has 1 aromatic rings. The van der Waals surface area contributed by atoms with Gasteiger partial charge in [-0.1, -0.05) is 5.16 Å². The molecular weight excluding hydrogens is 278 g/mol. The molecular formula is C10H8F6N2O. The van der Waals surface area contributed by atoms with Crippen molar-refractivity contribution in [1.29, 1.82) is 0 Å². The quantitative estimate of drug-likeness (QED) is 0.289. The van der Waals surface area contributed by atoms with Crippen LogP contribution in [0, 0.1) is 0 Å². The molecule has 0 aliphatic heterocycles. The molecule has 0 atom stereocenters. The molecule has 0 aromatic heterocycles. The lowest BCUT2D eigenvalue weighted by molar-refractivity contribution is -0.143. The topological polar surface area (TPSA) is 58.6 Å². The lowest BCUT2D eigenvalue weighted by atomic mass is 10.0. The second kappa shape index (κ2) is 4.98. The molecule has 106 valence electrons. The van der Waals surface area contributed by atoms with Crippen LogP contribution >= 0.6 is 0 Å². The van der Waals surface area contributed by atoms with E-state index in [0.29, 0.717) is 12.1 Å². The van der Waals surface area contributed by atoms with Crippen molar-refractivity contribution in [3.8, 4) is 0 Å². The summed E-state index contributed by atoms with van der Waals surface area (Å²) in [6.45, 7) is 0. The Hall–Kier alpha value is -1.93. The van der Waals surface area contributed by atoms with Crippen molar-refractivity contribution < 1.29 is 31.5 Å². The standard InChI is InChI=1S/C10H8F6N2O/c11-9(12,13)6-1-5(3-8(17)18-19)2-7(4-6)10(14,15)16/h1-2,4,19H,3H2,(H2,17,18). The zero-order valence-electron chi connectivity index (χ0n) is 9.18. The summed E-state index contributed by atoms with van der Waals surface area (Å²) in [5.41, 5.74) is 1.83. The Morgan fingerprint density at radius 3 is 1.74 bits per heavy atom. The molecule has 0 unspecified atom stereocenters. The highest BCUT2D eigenvalue weighted by Gasteiger charge is 2.36. The Bertz CT molecular complexity index is 460. The van der Waals surface area contributed by atoms with E-state index in [2.05, 4.69) is 5.16 Å². The van der Waals surface area contributed by atoms with Crippen LogP contribution in [0.25, 0.3) is 0 Å². The fourth-order valence-corrected chi connectivity index (χ4v) is 1.37. The average Bonchev–Trinajstić information content (AvgIpc) is 2.26. The van der Waals surface area contributed by atoms with Gasteiger partial charge in [0.25, 0.3) is 0 Å². The third-order valence-corrected chi connectivity index (χ3v) is 2.16. The number of nitrogens with two attached hydrogens (primary N) is 1. The van der Waals surface area contributed by atoms with Crippen molar-refractivity contribution in [2.24, 2.45) is 10.9 Å². The number of amidine groups is 1. The Morgan fingerprint density at radius 1 is 1.00 bits per heavy atom. The lowest BCUT2D eigenvalue weighted by Crippen LogP contribution is -2.17. The first kappa shape index (κ1) is 15.1. The van der Waals surface area contributed by atoms with E-state index in [1.165, 1.54) is 0 Å². The summed E-state index contributed by atoms with van der Waals surface area (Å²) < 4.78 is 74.9. The van der Waals surface area contributed by atoms with Crippen LogP contribution in [0.5, 0.6) is 0 Å². The number of rotatable bonds is 2. The molecule has 0 saturated heterocycles. The Morgan fingerprint density at radius 2 is 1.42 bits per heavy atom. The predicted molar refractivity (Wildman–Crippen MR) is 53.6 cm³/mol. The van der Waals surface area contributed by atoms with Crippen molar-refractivity contribution >= 4 is 5.84 Å². The highest BCUT2D eigenvalue weighted by atomic mass is 19.4. The molecule has 0 aliphatic carbocycles. The van der Waals surface area contributed by atoms with Crippen LogP contribution in [0.1, 0.15) is 16.7 Å². The normalized spacial score (nSPS) is 13.7. The van der Waals surface area contributed by atoms with E-state index in [0.717, 1.165) is 0 Å². The summed E-state index contributed by atoms with van der Waals surface area (Å²) in [4.78, 5) is 0. The van der Waals surface area contributed by atoms with E-state index in [9.17, 15) is 26.3 Å². The largest absolute Gasteiger partial charge is 0.416 e. The molecule has 3 N–H and O–H groups in total. The maximum atomic E-state index is 12.5. The molecule has 1 rings (SSSR count). The molecule has 0 saturated carbocycles. The minimum absolute atomic E-state index is 0.00970. The molecule has 1 aromatic carbocycles. The maximum absolute atomic E-state index is 12.5. The smallest absolute Gasteiger partial charge is 0.409 e. The van der Waals surface area contributed by atoms with Gasteiger partial charge in [0.05, 0.1) is 11.1 Å². The van der Waals surface area contributed by atoms with Gasteiger partial charge in [0.2, 0.25) is 0 Å². The SMILES string of the molecule is NC(Cc1cc(C(F)(F)F)cc(C(F)(F)F)c1)=NO. The fraction of sp³-hybridized carbons (Fsp3) is 0.300. The van der Waals surface area contributed by atoms with Gasteiger partial charge in [-0.25, -0.2) is 0 Å². The summed E-state index contributed by atoms with van der Waals surface area (Å²) in [5.74, 6) is -0.493.